The Morgan fingerprint density at radius 1 is 1.42 bits per heavy atom. The summed E-state index contributed by atoms with van der Waals surface area (Å²) in [7, 11) is 0. The predicted octanol–water partition coefficient (Wildman–Crippen LogP) is 5.64. The standard InChI is InChI=1S/C14H14BrClFNS/c1-3-18-8(2)12-4-5-13(19-12)14-10(15)6-9(17)7-11(14)16/h4-8,18H,3H2,1-2H3. The van der Waals surface area contributed by atoms with E-state index >= 15 is 0 Å². The molecule has 0 radical (unpaired) electrons. The Morgan fingerprint density at radius 3 is 2.79 bits per heavy atom. The molecule has 5 heteroatoms. The highest BCUT2D eigenvalue weighted by molar-refractivity contribution is 9.10. The van der Waals surface area contributed by atoms with E-state index in [9.17, 15) is 4.39 Å². The van der Waals surface area contributed by atoms with Gasteiger partial charge in [-0.15, -0.1) is 11.3 Å². The van der Waals surface area contributed by atoms with Gasteiger partial charge in [0, 0.05) is 25.8 Å². The van der Waals surface area contributed by atoms with Gasteiger partial charge in [-0.2, -0.15) is 0 Å². The molecule has 2 rings (SSSR count). The fourth-order valence-corrected chi connectivity index (χ4v) is 4.27. The van der Waals surface area contributed by atoms with Crippen molar-refractivity contribution in [2.75, 3.05) is 6.54 Å². The SMILES string of the molecule is CCNC(C)c1ccc(-c2c(Cl)cc(F)cc2Br)s1. The number of rotatable bonds is 4. The molecule has 2 aromatic rings. The fourth-order valence-electron chi connectivity index (χ4n) is 1.90. The maximum Gasteiger partial charge on any atom is 0.125 e. The Morgan fingerprint density at radius 2 is 2.16 bits per heavy atom. The van der Waals surface area contributed by atoms with E-state index in [1.807, 2.05) is 6.07 Å². The van der Waals surface area contributed by atoms with Crippen LogP contribution in [0.2, 0.25) is 5.02 Å². The average Bonchev–Trinajstić information content (AvgIpc) is 2.77. The highest BCUT2D eigenvalue weighted by Crippen LogP contribution is 2.40. The third kappa shape index (κ3) is 3.37. The van der Waals surface area contributed by atoms with Crippen LogP contribution in [0.3, 0.4) is 0 Å². The molecule has 0 amide bonds. The predicted molar refractivity (Wildman–Crippen MR) is 84.5 cm³/mol. The fraction of sp³-hybridized carbons (Fsp3) is 0.286. The number of thiophene rings is 1. The van der Waals surface area contributed by atoms with Crippen molar-refractivity contribution in [3.8, 4) is 10.4 Å². The number of hydrogen-bond donors (Lipinski definition) is 1. The summed E-state index contributed by atoms with van der Waals surface area (Å²) in [6, 6.07) is 7.20. The van der Waals surface area contributed by atoms with Crippen LogP contribution in [-0.2, 0) is 0 Å². The zero-order chi connectivity index (χ0) is 14.0. The summed E-state index contributed by atoms with van der Waals surface area (Å²) < 4.78 is 13.9. The van der Waals surface area contributed by atoms with E-state index < -0.39 is 0 Å². The molecule has 0 saturated heterocycles. The molecule has 0 aliphatic heterocycles. The van der Waals surface area contributed by atoms with Crippen LogP contribution in [0.5, 0.6) is 0 Å². The molecular weight excluding hydrogens is 349 g/mol. The monoisotopic (exact) mass is 361 g/mol. The van der Waals surface area contributed by atoms with Crippen molar-refractivity contribution in [1.82, 2.24) is 5.32 Å². The van der Waals surface area contributed by atoms with Gasteiger partial charge >= 0.3 is 0 Å². The molecule has 0 saturated carbocycles. The Bertz CT molecular complexity index is 562. The number of halogens is 3. The van der Waals surface area contributed by atoms with Gasteiger partial charge in [0.05, 0.1) is 5.02 Å². The summed E-state index contributed by atoms with van der Waals surface area (Å²) in [6.07, 6.45) is 0. The van der Waals surface area contributed by atoms with Crippen molar-refractivity contribution in [3.63, 3.8) is 0 Å². The van der Waals surface area contributed by atoms with Gasteiger partial charge in [-0.25, -0.2) is 4.39 Å². The Kier molecular flexibility index (Phi) is 5.01. The maximum absolute atomic E-state index is 13.2. The van der Waals surface area contributed by atoms with Crippen molar-refractivity contribution < 1.29 is 4.39 Å². The second-order valence-corrected chi connectivity index (χ2v) is 6.60. The second kappa shape index (κ2) is 6.35. The van der Waals surface area contributed by atoms with Gasteiger partial charge < -0.3 is 5.32 Å². The smallest absolute Gasteiger partial charge is 0.125 e. The van der Waals surface area contributed by atoms with Crippen LogP contribution in [0.1, 0.15) is 24.8 Å². The summed E-state index contributed by atoms with van der Waals surface area (Å²) in [5.41, 5.74) is 0.850. The molecule has 1 atom stereocenters. The highest BCUT2D eigenvalue weighted by atomic mass is 79.9. The van der Waals surface area contributed by atoms with E-state index in [2.05, 4.69) is 41.2 Å². The summed E-state index contributed by atoms with van der Waals surface area (Å²) in [5.74, 6) is -0.335. The zero-order valence-electron chi connectivity index (χ0n) is 10.6. The molecule has 0 fully saturated rings. The number of benzene rings is 1. The van der Waals surface area contributed by atoms with Crippen molar-refractivity contribution in [3.05, 3.63) is 44.5 Å². The highest BCUT2D eigenvalue weighted by Gasteiger charge is 2.14. The van der Waals surface area contributed by atoms with Crippen molar-refractivity contribution >= 4 is 38.9 Å². The molecule has 1 heterocycles. The van der Waals surface area contributed by atoms with Gasteiger partial charge in [0.1, 0.15) is 5.82 Å². The Labute approximate surface area is 129 Å². The number of hydrogen-bond acceptors (Lipinski definition) is 2. The van der Waals surface area contributed by atoms with Crippen molar-refractivity contribution in [1.29, 1.82) is 0 Å². The first-order chi connectivity index (χ1) is 9.02. The quantitative estimate of drug-likeness (QED) is 0.742. The third-order valence-electron chi connectivity index (χ3n) is 2.82. The zero-order valence-corrected chi connectivity index (χ0v) is 13.8. The lowest BCUT2D eigenvalue weighted by molar-refractivity contribution is 0.607. The first-order valence-corrected chi connectivity index (χ1v) is 7.99. The van der Waals surface area contributed by atoms with Crippen LogP contribution >= 0.6 is 38.9 Å². The van der Waals surface area contributed by atoms with E-state index in [0.29, 0.717) is 15.5 Å². The van der Waals surface area contributed by atoms with Crippen LogP contribution < -0.4 is 5.32 Å². The minimum Gasteiger partial charge on any atom is -0.310 e. The van der Waals surface area contributed by atoms with Gasteiger partial charge in [0.25, 0.3) is 0 Å². The normalized spacial score (nSPS) is 12.7. The maximum atomic E-state index is 13.2. The average molecular weight is 363 g/mol. The van der Waals surface area contributed by atoms with E-state index in [0.717, 1.165) is 17.0 Å². The molecule has 0 bridgehead atoms. The molecule has 0 aliphatic rings. The molecule has 1 aromatic heterocycles. The first-order valence-electron chi connectivity index (χ1n) is 6.01. The summed E-state index contributed by atoms with van der Waals surface area (Å²) >= 11 is 11.2. The lowest BCUT2D eigenvalue weighted by Gasteiger charge is -2.09. The van der Waals surface area contributed by atoms with Crippen LogP contribution in [-0.4, -0.2) is 6.54 Å². The lowest BCUT2D eigenvalue weighted by atomic mass is 10.2. The molecule has 1 nitrogen and oxygen atoms in total. The third-order valence-corrected chi connectivity index (χ3v) is 5.03. The van der Waals surface area contributed by atoms with Gasteiger partial charge in [-0.3, -0.25) is 0 Å². The molecule has 1 unspecified atom stereocenters. The van der Waals surface area contributed by atoms with E-state index in [4.69, 9.17) is 11.6 Å². The largest absolute Gasteiger partial charge is 0.310 e. The van der Waals surface area contributed by atoms with Crippen LogP contribution in [0.15, 0.2) is 28.7 Å². The van der Waals surface area contributed by atoms with Gasteiger partial charge in [0.15, 0.2) is 0 Å². The van der Waals surface area contributed by atoms with Crippen molar-refractivity contribution in [2.24, 2.45) is 0 Å². The van der Waals surface area contributed by atoms with Crippen LogP contribution in [0.4, 0.5) is 4.39 Å². The van der Waals surface area contributed by atoms with Gasteiger partial charge in [-0.05, 0) is 53.7 Å². The van der Waals surface area contributed by atoms with E-state index in [1.165, 1.54) is 17.0 Å². The van der Waals surface area contributed by atoms with Crippen LogP contribution in [0.25, 0.3) is 10.4 Å². The van der Waals surface area contributed by atoms with Crippen LogP contribution in [0, 0.1) is 5.82 Å². The Balaban J connectivity index is 2.38. The summed E-state index contributed by atoms with van der Waals surface area (Å²) in [6.45, 7) is 5.13. The molecule has 19 heavy (non-hydrogen) atoms. The molecule has 0 aliphatic carbocycles. The Hall–Kier alpha value is -0.420. The summed E-state index contributed by atoms with van der Waals surface area (Å²) in [5, 5.41) is 3.80. The second-order valence-electron chi connectivity index (χ2n) is 4.23. The molecular formula is C14H14BrClFNS. The van der Waals surface area contributed by atoms with Gasteiger partial charge in [0.2, 0.25) is 0 Å². The van der Waals surface area contributed by atoms with E-state index in [-0.39, 0.29) is 5.82 Å². The molecule has 1 N–H and O–H groups in total. The topological polar surface area (TPSA) is 12.0 Å². The van der Waals surface area contributed by atoms with Gasteiger partial charge in [-0.1, -0.05) is 18.5 Å². The minimum absolute atomic E-state index is 0.307. The number of nitrogens with one attached hydrogen (secondary N) is 1. The summed E-state index contributed by atoms with van der Waals surface area (Å²) in [4.78, 5) is 2.28. The lowest BCUT2D eigenvalue weighted by Crippen LogP contribution is -2.16. The van der Waals surface area contributed by atoms with Crippen molar-refractivity contribution in [2.45, 2.75) is 19.9 Å². The molecule has 0 spiro atoms. The molecule has 102 valence electrons. The first kappa shape index (κ1) is 15.0. The molecule has 1 aromatic carbocycles. The van der Waals surface area contributed by atoms with E-state index in [1.54, 1.807) is 11.3 Å². The minimum atomic E-state index is -0.335.